The summed E-state index contributed by atoms with van der Waals surface area (Å²) in [4.78, 5) is 156. The van der Waals surface area contributed by atoms with Gasteiger partial charge in [0.15, 0.2) is 26.9 Å². The van der Waals surface area contributed by atoms with Crippen LogP contribution in [0.25, 0.3) is 11.0 Å². The largest absolute Gasteiger partial charge is 0.462 e. The van der Waals surface area contributed by atoms with Gasteiger partial charge in [-0.25, -0.2) is 112 Å². The minimum absolute atomic E-state index is 0.00248. The first-order valence-corrected chi connectivity index (χ1v) is 38.1. The predicted molar refractivity (Wildman–Crippen MR) is 424 cm³/mol. The van der Waals surface area contributed by atoms with Gasteiger partial charge in [0.05, 0.1) is 67.5 Å². The van der Waals surface area contributed by atoms with Crippen LogP contribution in [-0.4, -0.2) is 205 Å². The third kappa shape index (κ3) is 32.6. The molecular weight excluding hydrogens is 1590 g/mol. The van der Waals surface area contributed by atoms with Crippen LogP contribution >= 0.6 is 35.3 Å². The molecular formula is C74H94F5N17O17S3. The zero-order chi connectivity index (χ0) is 88.1. The quantitative estimate of drug-likeness (QED) is 0.00458. The molecule has 0 fully saturated rings. The Morgan fingerprint density at radius 2 is 0.931 bits per heavy atom. The number of carbonyl (C=O) groups is 10. The van der Waals surface area contributed by atoms with Gasteiger partial charge in [-0.2, -0.15) is 10.0 Å². The molecule has 630 valence electrons. The molecule has 0 aliphatic carbocycles. The van der Waals surface area contributed by atoms with Crippen LogP contribution in [0.15, 0.2) is 149 Å². The number of rotatable bonds is 23. The van der Waals surface area contributed by atoms with Gasteiger partial charge in [-0.3, -0.25) is 34.5 Å². The number of imide groups is 2. The highest BCUT2D eigenvalue weighted by atomic mass is 32.2. The first kappa shape index (κ1) is 98.4. The number of amides is 8. The summed E-state index contributed by atoms with van der Waals surface area (Å²) >= 11 is 3.95. The molecule has 6 heterocycles. The molecule has 8 rings (SSSR count). The van der Waals surface area contributed by atoms with Crippen molar-refractivity contribution in [1.82, 2.24) is 70.2 Å². The molecule has 0 spiro atoms. The number of thioether (sulfide) groups is 3. The second-order valence-corrected chi connectivity index (χ2v) is 29.8. The monoisotopic (exact) mass is 1680 g/mol. The Hall–Kier alpha value is -11.8. The molecule has 2 aromatic carbocycles. The van der Waals surface area contributed by atoms with Crippen molar-refractivity contribution in [2.45, 2.75) is 148 Å². The fourth-order valence-corrected chi connectivity index (χ4v) is 9.62. The molecule has 6 aromatic rings. The van der Waals surface area contributed by atoms with Crippen molar-refractivity contribution in [3.8, 4) is 0 Å². The van der Waals surface area contributed by atoms with E-state index < -0.39 is 125 Å². The van der Waals surface area contributed by atoms with Crippen LogP contribution in [0.2, 0.25) is 0 Å². The average Bonchev–Trinajstić information content (AvgIpc) is 1.63. The standard InChI is InChI=1S/C16H23FN4O4S.C16H17FN2O4.C13H14N2O4.C12H16FN3O2S.C9H9FN4OS.C8H15FN2O2/c1-7-24-13(22)11-8-18-14(26-6)19-12(11)20-21(9-10(2)17)15(23)25-16(3,4)5;1-10(17)9-18(15(22)23-16(2,3)4)19-13(20)11-7-5-6-8-12(11)14(19)21;1-13(2,3)19-12(18)14-15-10(16)8-6-4-5-7-9(8)11(15)17;1-4-18-11(17)9-7-15-12(19-3)16-10(9)14-6-5-8(2)13;1-5(10)4-14-8(15)6-3-11-9(16-2)12-7(6)13-14;1-6(9)5-11(10)7(12)13-8(2,3)4/h8H,2,7,9H2,1,3-6H3,(H,18,19,20);5-8H,1,9H2,2-4H3;4-7H,1-3H3,(H,14,18);7H,2,4-6H2,1,3H3,(H,14,15,16);3H,1,4H2,2H3,(H,11,12,13);1,5,10H2,2-4H3. The van der Waals surface area contributed by atoms with Crippen molar-refractivity contribution >= 4 is 118 Å². The maximum absolute atomic E-state index is 13.4. The second kappa shape index (κ2) is 44.8. The Balaban J connectivity index is 0.000000364. The fraction of sp³-hybridized carbons (Fsp3) is 0.392. The van der Waals surface area contributed by atoms with E-state index in [1.807, 2.05) is 12.5 Å². The van der Waals surface area contributed by atoms with Crippen LogP contribution in [0.5, 0.6) is 0 Å². The van der Waals surface area contributed by atoms with Crippen molar-refractivity contribution in [2.75, 3.05) is 68.9 Å². The van der Waals surface area contributed by atoms with Gasteiger partial charge in [-0.05, 0) is 140 Å². The van der Waals surface area contributed by atoms with Crippen LogP contribution in [0.3, 0.4) is 0 Å². The number of aromatic nitrogens is 8. The Kier molecular flexibility index (Phi) is 38.0. The van der Waals surface area contributed by atoms with Crippen molar-refractivity contribution in [3.63, 3.8) is 0 Å². The van der Waals surface area contributed by atoms with E-state index in [1.165, 1.54) is 78.1 Å². The number of H-pyrrole nitrogens is 1. The summed E-state index contributed by atoms with van der Waals surface area (Å²) in [5, 5.41) is 10.7. The van der Waals surface area contributed by atoms with E-state index in [0.29, 0.717) is 58.9 Å². The number of hydrogen-bond donors (Lipinski definition) is 5. The molecule has 0 unspecified atom stereocenters. The highest BCUT2D eigenvalue weighted by Crippen LogP contribution is 2.28. The van der Waals surface area contributed by atoms with Crippen LogP contribution in [0.4, 0.5) is 52.8 Å². The number of hydrogen-bond acceptors (Lipinski definition) is 29. The van der Waals surface area contributed by atoms with Crippen LogP contribution in [0, 0.1) is 0 Å². The number of anilines is 2. The molecule has 0 saturated carbocycles. The smallest absolute Gasteiger partial charge is 0.430 e. The van der Waals surface area contributed by atoms with Crippen LogP contribution in [0.1, 0.15) is 166 Å². The van der Waals surface area contributed by atoms with E-state index in [4.69, 9.17) is 34.3 Å². The Morgan fingerprint density at radius 1 is 0.526 bits per heavy atom. The first-order valence-electron chi connectivity index (χ1n) is 34.4. The number of hydrazine groups is 4. The molecule has 8 amide bonds. The molecule has 0 radical (unpaired) electrons. The number of benzene rings is 2. The molecule has 34 nitrogen and oxygen atoms in total. The van der Waals surface area contributed by atoms with E-state index in [9.17, 15) is 74.7 Å². The van der Waals surface area contributed by atoms with Crippen molar-refractivity contribution in [2.24, 2.45) is 5.84 Å². The number of esters is 2. The third-order valence-electron chi connectivity index (χ3n) is 13.1. The number of carbonyl (C=O) groups excluding carboxylic acids is 10. The molecule has 0 saturated heterocycles. The van der Waals surface area contributed by atoms with Crippen molar-refractivity contribution in [1.29, 1.82) is 0 Å². The number of aromatic amines is 1. The Morgan fingerprint density at radius 3 is 1.34 bits per heavy atom. The minimum atomic E-state index is -1.01. The Labute approximate surface area is 678 Å². The molecule has 2 aliphatic heterocycles. The molecule has 0 atom stereocenters. The lowest BCUT2D eigenvalue weighted by Gasteiger charge is -2.31. The number of nitrogens with zero attached hydrogens (tertiary/aromatic N) is 12. The number of nitrogens with two attached hydrogens (primary N) is 1. The lowest BCUT2D eigenvalue weighted by molar-refractivity contribution is -0.0268. The zero-order valence-corrected chi connectivity index (χ0v) is 69.5. The fourth-order valence-electron chi connectivity index (χ4n) is 8.60. The molecule has 0 bridgehead atoms. The first-order chi connectivity index (χ1) is 53.9. The van der Waals surface area contributed by atoms with E-state index in [2.05, 4.69) is 84.1 Å². The Bertz CT molecular complexity index is 4610. The van der Waals surface area contributed by atoms with Gasteiger partial charge in [0, 0.05) is 31.6 Å². The average molecular weight is 1680 g/mol. The van der Waals surface area contributed by atoms with E-state index >= 15 is 0 Å². The maximum atomic E-state index is 13.4. The lowest BCUT2D eigenvalue weighted by atomic mass is 10.1. The van der Waals surface area contributed by atoms with Gasteiger partial charge >= 0.3 is 36.3 Å². The van der Waals surface area contributed by atoms with Gasteiger partial charge in [0.25, 0.3) is 29.2 Å². The highest BCUT2D eigenvalue weighted by Gasteiger charge is 2.43. The SMILES string of the molecule is C=C(F)CCNc1nc(SC)ncc1C(=O)OCC.C=C(F)CN(C(=O)OC(C)(C)C)N1C(=O)c2ccccc2C1=O.C=C(F)CN(N)C(=O)OC(C)(C)C.C=C(F)CN(Nc1nc(SC)ncc1C(=O)OCC)C(=O)OC(C)(C)C.C=C(F)Cn1[nH]c2nc(SC)ncc2c1=O.CC(C)(C)OC(=O)NN1C(=O)c2ccccc2C1=O. The minimum Gasteiger partial charge on any atom is -0.462 e. The molecule has 2 aliphatic rings. The molecule has 42 heteroatoms. The predicted octanol–water partition coefficient (Wildman–Crippen LogP) is 13.6. The summed E-state index contributed by atoms with van der Waals surface area (Å²) in [5.74, 6) is -1.56. The van der Waals surface area contributed by atoms with Crippen molar-refractivity contribution in [3.05, 3.63) is 173 Å². The van der Waals surface area contributed by atoms with Crippen LogP contribution < -0.4 is 27.6 Å². The summed E-state index contributed by atoms with van der Waals surface area (Å²) in [5.41, 5.74) is 2.89. The third-order valence-corrected chi connectivity index (χ3v) is 14.7. The van der Waals surface area contributed by atoms with Crippen molar-refractivity contribution < 1.29 is 98.3 Å². The summed E-state index contributed by atoms with van der Waals surface area (Å²) < 4.78 is 95.3. The molecule has 6 N–H and O–H groups in total. The van der Waals surface area contributed by atoms with Crippen LogP contribution in [-0.2, 0) is 35.0 Å². The van der Waals surface area contributed by atoms with Gasteiger partial charge in [-0.15, -0.1) is 0 Å². The summed E-state index contributed by atoms with van der Waals surface area (Å²) in [7, 11) is 0. The number of ether oxygens (including phenoxy) is 6. The van der Waals surface area contributed by atoms with Gasteiger partial charge in [0.1, 0.15) is 68.0 Å². The van der Waals surface area contributed by atoms with Gasteiger partial charge in [0.2, 0.25) is 0 Å². The number of nitrogens with one attached hydrogen (secondary N) is 4. The van der Waals surface area contributed by atoms with Gasteiger partial charge < -0.3 is 33.7 Å². The topological polar surface area (TPSA) is 420 Å². The normalized spacial score (nSPS) is 11.9. The molecule has 4 aromatic heterocycles. The number of halogens is 5. The summed E-state index contributed by atoms with van der Waals surface area (Å²) in [6.45, 7) is 37.9. The highest BCUT2D eigenvalue weighted by molar-refractivity contribution is 7.98. The number of fused-ring (bicyclic) bond motifs is 3. The van der Waals surface area contributed by atoms with E-state index in [0.717, 1.165) is 9.69 Å². The van der Waals surface area contributed by atoms with E-state index in [-0.39, 0.29) is 77.5 Å². The zero-order valence-electron chi connectivity index (χ0n) is 67.0. The molecule has 116 heavy (non-hydrogen) atoms. The van der Waals surface area contributed by atoms with Gasteiger partial charge in [-0.1, -0.05) is 92.4 Å². The summed E-state index contributed by atoms with van der Waals surface area (Å²) in [6, 6.07) is 12.5. The number of allylic oxidation sites excluding steroid dienone is 1. The maximum Gasteiger partial charge on any atom is 0.430 e. The van der Waals surface area contributed by atoms with E-state index in [1.54, 1.807) is 127 Å². The second-order valence-electron chi connectivity index (χ2n) is 27.5. The lowest BCUT2D eigenvalue weighted by Crippen LogP contribution is -2.51. The summed E-state index contributed by atoms with van der Waals surface area (Å²) in [6.07, 6.45) is 6.20.